The van der Waals surface area contributed by atoms with Crippen molar-refractivity contribution in [2.75, 3.05) is 12.4 Å². The maximum atomic E-state index is 12.1. The van der Waals surface area contributed by atoms with Crippen molar-refractivity contribution in [3.63, 3.8) is 0 Å². The molecular weight excluding hydrogens is 360 g/mol. The Bertz CT molecular complexity index is 1110. The van der Waals surface area contributed by atoms with E-state index < -0.39 is 0 Å². The van der Waals surface area contributed by atoms with Gasteiger partial charge in [-0.2, -0.15) is 0 Å². The minimum absolute atomic E-state index is 0.228. The third-order valence-corrected chi connectivity index (χ3v) is 4.70. The smallest absolute Gasteiger partial charge is 0.250 e. The minimum Gasteiger partial charge on any atom is -0.497 e. The second kappa shape index (κ2) is 7.47. The monoisotopic (exact) mass is 376 g/mol. The van der Waals surface area contributed by atoms with Crippen molar-refractivity contribution in [3.05, 3.63) is 71.6 Å². The fourth-order valence-electron chi connectivity index (χ4n) is 2.59. The van der Waals surface area contributed by atoms with Crippen LogP contribution in [0.4, 0.5) is 5.13 Å². The summed E-state index contributed by atoms with van der Waals surface area (Å²) in [6.07, 6.45) is 3.25. The van der Waals surface area contributed by atoms with E-state index in [1.165, 1.54) is 17.4 Å². The van der Waals surface area contributed by atoms with Crippen molar-refractivity contribution in [1.29, 1.82) is 0 Å². The highest BCUT2D eigenvalue weighted by atomic mass is 32.1. The number of hydrogen-bond donors (Lipinski definition) is 1. The number of fused-ring (bicyclic) bond motifs is 1. The number of aromatic nitrogens is 1. The summed E-state index contributed by atoms with van der Waals surface area (Å²) in [5, 5.41) is 6.11. The largest absolute Gasteiger partial charge is 0.497 e. The number of nitrogens with one attached hydrogen (secondary N) is 1. The van der Waals surface area contributed by atoms with E-state index in [2.05, 4.69) is 10.3 Å². The van der Waals surface area contributed by atoms with Gasteiger partial charge in [-0.3, -0.25) is 10.1 Å². The summed E-state index contributed by atoms with van der Waals surface area (Å²) >= 11 is 1.35. The van der Waals surface area contributed by atoms with Gasteiger partial charge in [0, 0.05) is 22.9 Å². The molecule has 5 nitrogen and oxygen atoms in total. The molecule has 2 aromatic heterocycles. The summed E-state index contributed by atoms with van der Waals surface area (Å²) < 4.78 is 11.1. The fraction of sp³-hybridized carbons (Fsp3) is 0.0476. The van der Waals surface area contributed by atoms with Crippen LogP contribution in [0.3, 0.4) is 0 Å². The van der Waals surface area contributed by atoms with Crippen LogP contribution >= 0.6 is 11.3 Å². The molecule has 0 aliphatic heterocycles. The van der Waals surface area contributed by atoms with E-state index in [1.54, 1.807) is 13.2 Å². The zero-order valence-corrected chi connectivity index (χ0v) is 15.3. The summed E-state index contributed by atoms with van der Waals surface area (Å²) in [5.41, 5.74) is 2.37. The molecule has 0 atom stereocenters. The molecule has 6 heteroatoms. The average Bonchev–Trinajstić information content (AvgIpc) is 3.33. The van der Waals surface area contributed by atoms with Gasteiger partial charge in [0.15, 0.2) is 10.9 Å². The molecule has 0 saturated carbocycles. The van der Waals surface area contributed by atoms with Gasteiger partial charge in [-0.05, 0) is 29.8 Å². The molecule has 0 aliphatic rings. The average molecular weight is 376 g/mol. The van der Waals surface area contributed by atoms with Crippen molar-refractivity contribution in [3.8, 4) is 17.2 Å². The lowest BCUT2D eigenvalue weighted by Gasteiger charge is -1.96. The number of rotatable bonds is 5. The van der Waals surface area contributed by atoms with Crippen molar-refractivity contribution in [1.82, 2.24) is 4.98 Å². The highest BCUT2D eigenvalue weighted by Gasteiger charge is 2.12. The predicted octanol–water partition coefficient (Wildman–Crippen LogP) is 5.22. The summed E-state index contributed by atoms with van der Waals surface area (Å²) in [6, 6.07) is 17.2. The molecule has 2 aromatic carbocycles. The molecule has 0 spiro atoms. The second-order valence-electron chi connectivity index (χ2n) is 5.79. The lowest BCUT2D eigenvalue weighted by molar-refractivity contribution is -0.111. The minimum atomic E-state index is -0.228. The topological polar surface area (TPSA) is 64.4 Å². The van der Waals surface area contributed by atoms with E-state index >= 15 is 0 Å². The van der Waals surface area contributed by atoms with E-state index in [9.17, 15) is 4.79 Å². The summed E-state index contributed by atoms with van der Waals surface area (Å²) in [5.74, 6) is 1.16. The fourth-order valence-corrected chi connectivity index (χ4v) is 3.29. The summed E-state index contributed by atoms with van der Waals surface area (Å²) in [4.78, 5) is 16.5. The number of anilines is 1. The Morgan fingerprint density at radius 1 is 1.19 bits per heavy atom. The van der Waals surface area contributed by atoms with Crippen molar-refractivity contribution < 1.29 is 13.9 Å². The molecule has 0 fully saturated rings. The van der Waals surface area contributed by atoms with E-state index in [0.29, 0.717) is 16.6 Å². The number of benzene rings is 2. The van der Waals surface area contributed by atoms with Gasteiger partial charge in [-0.15, -0.1) is 11.3 Å². The molecule has 4 aromatic rings. The van der Waals surface area contributed by atoms with Crippen LogP contribution in [0.1, 0.15) is 5.56 Å². The van der Waals surface area contributed by atoms with Gasteiger partial charge in [-0.1, -0.05) is 30.3 Å². The van der Waals surface area contributed by atoms with Gasteiger partial charge in [0.05, 0.1) is 7.11 Å². The van der Waals surface area contributed by atoms with Gasteiger partial charge < -0.3 is 9.15 Å². The number of ether oxygens (including phenoxy) is 1. The van der Waals surface area contributed by atoms with Crippen LogP contribution in [0.25, 0.3) is 28.5 Å². The molecule has 0 bridgehead atoms. The number of carbonyl (C=O) groups is 1. The quantitative estimate of drug-likeness (QED) is 0.485. The highest BCUT2D eigenvalue weighted by Crippen LogP contribution is 2.31. The molecular formula is C21H16N2O3S. The molecule has 0 unspecified atom stereocenters. The van der Waals surface area contributed by atoms with E-state index in [1.807, 2.05) is 60.0 Å². The van der Waals surface area contributed by atoms with Crippen LogP contribution in [0.2, 0.25) is 0 Å². The zero-order chi connectivity index (χ0) is 18.6. The molecule has 1 amide bonds. The van der Waals surface area contributed by atoms with Crippen LogP contribution in [-0.2, 0) is 4.79 Å². The standard InChI is InChI=1S/C21H16N2O3S/c1-25-16-9-8-15-11-19(26-18(15)12-16)17-13-27-21(22-17)23-20(24)10-7-14-5-3-2-4-6-14/h2-13H,1H3,(H,22,23,24)/b10-7+. The van der Waals surface area contributed by atoms with Crippen LogP contribution in [0, 0.1) is 0 Å². The second-order valence-corrected chi connectivity index (χ2v) is 6.64. The lowest BCUT2D eigenvalue weighted by atomic mass is 10.2. The maximum Gasteiger partial charge on any atom is 0.250 e. The molecule has 134 valence electrons. The normalized spacial score (nSPS) is 11.1. The van der Waals surface area contributed by atoms with E-state index in [0.717, 1.165) is 22.3 Å². The Hall–Kier alpha value is -3.38. The van der Waals surface area contributed by atoms with Crippen molar-refractivity contribution in [2.45, 2.75) is 0 Å². The number of hydrogen-bond acceptors (Lipinski definition) is 5. The molecule has 0 aliphatic carbocycles. The molecule has 4 rings (SSSR count). The lowest BCUT2D eigenvalue weighted by Crippen LogP contribution is -2.07. The molecule has 27 heavy (non-hydrogen) atoms. The maximum absolute atomic E-state index is 12.1. The van der Waals surface area contributed by atoms with Crippen LogP contribution in [-0.4, -0.2) is 18.0 Å². The molecule has 0 radical (unpaired) electrons. The number of methoxy groups -OCH3 is 1. The Balaban J connectivity index is 1.48. The first-order valence-corrected chi connectivity index (χ1v) is 9.17. The number of thiazole rings is 1. The van der Waals surface area contributed by atoms with E-state index in [4.69, 9.17) is 9.15 Å². The SMILES string of the molecule is COc1ccc2cc(-c3csc(NC(=O)/C=C/c4ccccc4)n3)oc2c1. The third-order valence-electron chi connectivity index (χ3n) is 3.94. The van der Waals surface area contributed by atoms with Crippen molar-refractivity contribution >= 4 is 39.4 Å². The van der Waals surface area contributed by atoms with E-state index in [-0.39, 0.29) is 5.91 Å². The first-order valence-electron chi connectivity index (χ1n) is 8.29. The van der Waals surface area contributed by atoms with Gasteiger partial charge in [0.1, 0.15) is 17.0 Å². The molecule has 1 N–H and O–H groups in total. The Kier molecular flexibility index (Phi) is 4.72. The van der Waals surface area contributed by atoms with Crippen LogP contribution in [0.5, 0.6) is 5.75 Å². The number of amides is 1. The first-order chi connectivity index (χ1) is 13.2. The molecule has 2 heterocycles. The summed E-state index contributed by atoms with van der Waals surface area (Å²) in [7, 11) is 1.62. The Labute approximate surface area is 159 Å². The van der Waals surface area contributed by atoms with Gasteiger partial charge in [0.2, 0.25) is 5.91 Å². The third kappa shape index (κ3) is 3.91. The predicted molar refractivity (Wildman–Crippen MR) is 108 cm³/mol. The van der Waals surface area contributed by atoms with Gasteiger partial charge >= 0.3 is 0 Å². The first kappa shape index (κ1) is 17.1. The zero-order valence-electron chi connectivity index (χ0n) is 14.5. The number of carbonyl (C=O) groups excluding carboxylic acids is 1. The van der Waals surface area contributed by atoms with Gasteiger partial charge in [-0.25, -0.2) is 4.98 Å². The van der Waals surface area contributed by atoms with Gasteiger partial charge in [0.25, 0.3) is 0 Å². The molecule has 0 saturated heterocycles. The number of nitrogens with zero attached hydrogens (tertiary/aromatic N) is 1. The number of furan rings is 1. The Morgan fingerprint density at radius 2 is 2.04 bits per heavy atom. The highest BCUT2D eigenvalue weighted by molar-refractivity contribution is 7.14. The summed E-state index contributed by atoms with van der Waals surface area (Å²) in [6.45, 7) is 0. The van der Waals surface area contributed by atoms with Crippen LogP contribution in [0.15, 0.2) is 70.5 Å². The Morgan fingerprint density at radius 3 is 2.85 bits per heavy atom. The van der Waals surface area contributed by atoms with Crippen LogP contribution < -0.4 is 10.1 Å². The van der Waals surface area contributed by atoms with Crippen molar-refractivity contribution in [2.24, 2.45) is 0 Å².